The summed E-state index contributed by atoms with van der Waals surface area (Å²) in [6.45, 7) is 7.74. The second kappa shape index (κ2) is 7.14. The van der Waals surface area contributed by atoms with Gasteiger partial charge in [-0.15, -0.1) is 11.3 Å². The second-order valence-electron chi connectivity index (χ2n) is 7.00. The van der Waals surface area contributed by atoms with E-state index in [1.807, 2.05) is 0 Å². The lowest BCUT2D eigenvalue weighted by Gasteiger charge is -2.17. The van der Waals surface area contributed by atoms with E-state index >= 15 is 0 Å². The van der Waals surface area contributed by atoms with E-state index in [1.54, 1.807) is 11.3 Å². The fourth-order valence-corrected chi connectivity index (χ4v) is 4.85. The molecule has 0 unspecified atom stereocenters. The van der Waals surface area contributed by atoms with Gasteiger partial charge in [-0.3, -0.25) is 4.79 Å². The normalized spacial score (nSPS) is 19.0. The van der Waals surface area contributed by atoms with Gasteiger partial charge < -0.3 is 10.3 Å². The maximum Gasteiger partial charge on any atom is 0.260 e. The Hall–Kier alpha value is -1.20. The summed E-state index contributed by atoms with van der Waals surface area (Å²) in [6.07, 6.45) is 7.04. The highest BCUT2D eigenvalue weighted by atomic mass is 32.1. The summed E-state index contributed by atoms with van der Waals surface area (Å²) in [5.74, 6) is 1.55. The second-order valence-corrected chi connectivity index (χ2v) is 8.09. The van der Waals surface area contributed by atoms with E-state index in [1.165, 1.54) is 36.1 Å². The van der Waals surface area contributed by atoms with Crippen LogP contribution in [0.1, 0.15) is 68.8 Å². The van der Waals surface area contributed by atoms with E-state index in [2.05, 4.69) is 31.1 Å². The first-order valence-electron chi connectivity index (χ1n) is 8.98. The van der Waals surface area contributed by atoms with Crippen LogP contribution >= 0.6 is 11.3 Å². The molecule has 2 heterocycles. The number of fused-ring (bicyclic) bond motifs is 3. The lowest BCUT2D eigenvalue weighted by Crippen LogP contribution is -2.85. The number of aromatic nitrogens is 2. The molecule has 0 bridgehead atoms. The third-order valence-corrected chi connectivity index (χ3v) is 6.09. The van der Waals surface area contributed by atoms with Gasteiger partial charge in [-0.2, -0.15) is 0 Å². The Balaban J connectivity index is 1.85. The van der Waals surface area contributed by atoms with Crippen LogP contribution in [0, 0.1) is 5.92 Å². The van der Waals surface area contributed by atoms with Crippen molar-refractivity contribution in [1.29, 1.82) is 0 Å². The first-order valence-corrected chi connectivity index (χ1v) is 9.79. The summed E-state index contributed by atoms with van der Waals surface area (Å²) in [5, 5.41) is 3.15. The molecule has 23 heavy (non-hydrogen) atoms. The first kappa shape index (κ1) is 16.7. The predicted molar refractivity (Wildman–Crippen MR) is 96.2 cm³/mol. The number of rotatable bonds is 6. The standard InChI is InChI=1S/C18H27N3OS/c1-4-5-6-9-19-12(3)16-20-17(22)15-13-8-7-11(2)10-14(13)23-18(15)21-16/h11-12,19H,4-10H2,1-3H3,(H,20,21,22)/p+1/t11-,12-/m1/s1. The van der Waals surface area contributed by atoms with Crippen LogP contribution in [-0.4, -0.2) is 16.5 Å². The summed E-state index contributed by atoms with van der Waals surface area (Å²) in [7, 11) is 0. The summed E-state index contributed by atoms with van der Waals surface area (Å²) in [5.41, 5.74) is 1.33. The zero-order chi connectivity index (χ0) is 16.4. The number of quaternary nitrogens is 1. The van der Waals surface area contributed by atoms with E-state index in [0.717, 1.165) is 41.3 Å². The van der Waals surface area contributed by atoms with Crippen LogP contribution in [0.3, 0.4) is 0 Å². The third kappa shape index (κ3) is 3.50. The van der Waals surface area contributed by atoms with Crippen LogP contribution in [0.4, 0.5) is 0 Å². The highest BCUT2D eigenvalue weighted by Gasteiger charge is 2.24. The van der Waals surface area contributed by atoms with Gasteiger partial charge in [0, 0.05) is 4.88 Å². The molecule has 2 aromatic heterocycles. The SMILES string of the molecule is CCCCC[NH2+][C@H](C)c1nc2sc3c(c2c(=O)[nH]1)CC[C@@H](C)C3. The Kier molecular flexibility index (Phi) is 5.17. The number of hydrogen-bond acceptors (Lipinski definition) is 3. The molecule has 0 spiro atoms. The molecule has 2 aromatic rings. The van der Waals surface area contributed by atoms with Gasteiger partial charge in [0.1, 0.15) is 10.9 Å². The number of nitrogens with one attached hydrogen (secondary N) is 1. The zero-order valence-corrected chi connectivity index (χ0v) is 15.3. The van der Waals surface area contributed by atoms with Crippen molar-refractivity contribution in [3.63, 3.8) is 0 Å². The van der Waals surface area contributed by atoms with E-state index in [4.69, 9.17) is 4.98 Å². The lowest BCUT2D eigenvalue weighted by molar-refractivity contribution is -0.694. The van der Waals surface area contributed by atoms with Crippen molar-refractivity contribution in [2.45, 2.75) is 65.3 Å². The Morgan fingerprint density at radius 1 is 1.43 bits per heavy atom. The Morgan fingerprint density at radius 3 is 3.04 bits per heavy atom. The van der Waals surface area contributed by atoms with E-state index in [-0.39, 0.29) is 11.6 Å². The molecule has 5 heteroatoms. The van der Waals surface area contributed by atoms with Gasteiger partial charge in [0.05, 0.1) is 11.9 Å². The molecule has 0 aromatic carbocycles. The highest BCUT2D eigenvalue weighted by Crippen LogP contribution is 2.35. The van der Waals surface area contributed by atoms with Crippen molar-refractivity contribution >= 4 is 21.6 Å². The minimum Gasteiger partial charge on any atom is -0.338 e. The first-order chi connectivity index (χ1) is 11.1. The number of aryl methyl sites for hydroxylation is 1. The summed E-state index contributed by atoms with van der Waals surface area (Å²) in [6, 6.07) is 0.210. The van der Waals surface area contributed by atoms with Gasteiger partial charge in [-0.25, -0.2) is 4.98 Å². The quantitative estimate of drug-likeness (QED) is 0.798. The third-order valence-electron chi connectivity index (χ3n) is 4.94. The smallest absolute Gasteiger partial charge is 0.260 e. The van der Waals surface area contributed by atoms with Crippen molar-refractivity contribution in [3.05, 3.63) is 26.6 Å². The average Bonchev–Trinajstić information content (AvgIpc) is 2.88. The van der Waals surface area contributed by atoms with Gasteiger partial charge in [0.2, 0.25) is 0 Å². The van der Waals surface area contributed by atoms with Crippen LogP contribution in [0.5, 0.6) is 0 Å². The molecule has 4 nitrogen and oxygen atoms in total. The molecule has 0 radical (unpaired) electrons. The van der Waals surface area contributed by atoms with Crippen LogP contribution in [-0.2, 0) is 12.8 Å². The van der Waals surface area contributed by atoms with Gasteiger partial charge in [0.25, 0.3) is 5.56 Å². The molecule has 3 rings (SSSR count). The fourth-order valence-electron chi connectivity index (χ4n) is 3.45. The van der Waals surface area contributed by atoms with Crippen LogP contribution in [0.25, 0.3) is 10.2 Å². The molecule has 2 atom stereocenters. The van der Waals surface area contributed by atoms with Crippen LogP contribution < -0.4 is 10.9 Å². The summed E-state index contributed by atoms with van der Waals surface area (Å²) < 4.78 is 0. The van der Waals surface area contributed by atoms with Gasteiger partial charge >= 0.3 is 0 Å². The van der Waals surface area contributed by atoms with Crippen molar-refractivity contribution in [2.75, 3.05) is 6.54 Å². The Morgan fingerprint density at radius 2 is 2.26 bits per heavy atom. The Labute approximate surface area is 141 Å². The van der Waals surface area contributed by atoms with Crippen LogP contribution in [0.2, 0.25) is 0 Å². The minimum atomic E-state index is 0.0610. The topological polar surface area (TPSA) is 62.4 Å². The number of H-pyrrole nitrogens is 1. The number of unbranched alkanes of at least 4 members (excludes halogenated alkanes) is 2. The summed E-state index contributed by atoms with van der Waals surface area (Å²) in [4.78, 5) is 22.8. The van der Waals surface area contributed by atoms with E-state index in [9.17, 15) is 4.79 Å². The van der Waals surface area contributed by atoms with Gasteiger partial charge in [-0.05, 0) is 50.5 Å². The average molecular weight is 335 g/mol. The molecule has 3 N–H and O–H groups in total. The Bertz CT molecular complexity index is 734. The van der Waals surface area contributed by atoms with Crippen molar-refractivity contribution in [2.24, 2.45) is 5.92 Å². The molecule has 1 aliphatic carbocycles. The molecule has 0 saturated heterocycles. The van der Waals surface area contributed by atoms with Gasteiger partial charge in [-0.1, -0.05) is 20.3 Å². The maximum absolute atomic E-state index is 12.6. The lowest BCUT2D eigenvalue weighted by atomic mass is 9.89. The summed E-state index contributed by atoms with van der Waals surface area (Å²) >= 11 is 1.74. The molecule has 0 amide bonds. The van der Waals surface area contributed by atoms with Gasteiger partial charge in [0.15, 0.2) is 5.82 Å². The van der Waals surface area contributed by atoms with E-state index in [0.29, 0.717) is 0 Å². The highest BCUT2D eigenvalue weighted by molar-refractivity contribution is 7.18. The van der Waals surface area contributed by atoms with Crippen LogP contribution in [0.15, 0.2) is 4.79 Å². The fraction of sp³-hybridized carbons (Fsp3) is 0.667. The molecular weight excluding hydrogens is 306 g/mol. The number of aromatic amines is 1. The number of nitrogens with two attached hydrogens (primary N) is 1. The minimum absolute atomic E-state index is 0.0610. The number of nitrogens with zero attached hydrogens (tertiary/aromatic N) is 1. The zero-order valence-electron chi connectivity index (χ0n) is 14.4. The van der Waals surface area contributed by atoms with E-state index < -0.39 is 0 Å². The number of thiophene rings is 1. The van der Waals surface area contributed by atoms with Crippen molar-refractivity contribution in [1.82, 2.24) is 9.97 Å². The molecule has 126 valence electrons. The van der Waals surface area contributed by atoms with Crippen molar-refractivity contribution in [3.8, 4) is 0 Å². The monoisotopic (exact) mass is 334 g/mol. The number of hydrogen-bond donors (Lipinski definition) is 2. The molecule has 0 aliphatic heterocycles. The maximum atomic E-state index is 12.6. The largest absolute Gasteiger partial charge is 0.338 e. The molecule has 1 aliphatic rings. The molecule has 0 fully saturated rings. The molecular formula is C18H28N3OS+. The predicted octanol–water partition coefficient (Wildman–Crippen LogP) is 2.92. The molecule has 0 saturated carbocycles. The van der Waals surface area contributed by atoms with Crippen molar-refractivity contribution < 1.29 is 5.32 Å².